The van der Waals surface area contributed by atoms with E-state index in [1.807, 2.05) is 18.9 Å². The second-order valence-corrected chi connectivity index (χ2v) is 6.44. The van der Waals surface area contributed by atoms with E-state index in [4.69, 9.17) is 19.8 Å². The van der Waals surface area contributed by atoms with Crippen molar-refractivity contribution in [3.8, 4) is 0 Å². The number of amides is 1. The number of aryl methyl sites for hydroxylation is 1. The summed E-state index contributed by atoms with van der Waals surface area (Å²) in [6.45, 7) is 3.66. The zero-order valence-corrected chi connectivity index (χ0v) is 15.2. The molecule has 3 rings (SSSR count). The predicted molar refractivity (Wildman–Crippen MR) is 92.0 cm³/mol. The first kappa shape index (κ1) is 22.1. The first-order chi connectivity index (χ1) is 12.7. The molecule has 2 aliphatic rings. The highest BCUT2D eigenvalue weighted by atomic mass is 16.4. The fraction of sp³-hybridized carbons (Fsp3) is 0.562. The number of aromatic nitrogens is 2. The Kier molecular flexibility index (Phi) is 7.91. The van der Waals surface area contributed by atoms with Crippen molar-refractivity contribution in [2.75, 3.05) is 33.2 Å². The molecule has 2 fully saturated rings. The molecule has 1 aromatic heterocycles. The van der Waals surface area contributed by atoms with Gasteiger partial charge in [-0.15, -0.1) is 0 Å². The van der Waals surface area contributed by atoms with Gasteiger partial charge < -0.3 is 29.7 Å². The van der Waals surface area contributed by atoms with Crippen LogP contribution in [0.4, 0.5) is 0 Å². The maximum atomic E-state index is 12.4. The predicted octanol–water partition coefficient (Wildman–Crippen LogP) is -0.932. The van der Waals surface area contributed by atoms with Gasteiger partial charge >= 0.3 is 5.97 Å². The number of carbonyl (C=O) groups excluding carboxylic acids is 1. The van der Waals surface area contributed by atoms with Gasteiger partial charge in [-0.2, -0.15) is 0 Å². The van der Waals surface area contributed by atoms with Crippen LogP contribution in [0.1, 0.15) is 5.82 Å². The number of rotatable bonds is 3. The van der Waals surface area contributed by atoms with Crippen LogP contribution in [-0.2, 0) is 25.7 Å². The van der Waals surface area contributed by atoms with Gasteiger partial charge in [-0.05, 0) is 14.0 Å². The molecule has 0 aromatic carbocycles. The van der Waals surface area contributed by atoms with Crippen molar-refractivity contribution >= 4 is 24.8 Å². The van der Waals surface area contributed by atoms with E-state index in [2.05, 4.69) is 4.98 Å². The van der Waals surface area contributed by atoms with Crippen LogP contribution in [0.25, 0.3) is 0 Å². The van der Waals surface area contributed by atoms with E-state index in [1.54, 1.807) is 21.9 Å². The van der Waals surface area contributed by atoms with Crippen molar-refractivity contribution in [2.45, 2.75) is 13.5 Å². The van der Waals surface area contributed by atoms with Gasteiger partial charge in [0.1, 0.15) is 17.8 Å². The minimum absolute atomic E-state index is 0.0211. The van der Waals surface area contributed by atoms with Crippen molar-refractivity contribution in [1.29, 1.82) is 0 Å². The monoisotopic (exact) mass is 384 g/mol. The molecule has 27 heavy (non-hydrogen) atoms. The summed E-state index contributed by atoms with van der Waals surface area (Å²) in [4.78, 5) is 48.7. The van der Waals surface area contributed by atoms with Crippen LogP contribution >= 0.6 is 0 Å². The summed E-state index contributed by atoms with van der Waals surface area (Å²) in [5.41, 5.74) is -0.797. The number of carboxylic acids is 1. The Hall–Kier alpha value is -2.95. The lowest BCUT2D eigenvalue weighted by Gasteiger charge is -2.24. The van der Waals surface area contributed by atoms with Crippen LogP contribution in [0.5, 0.6) is 0 Å². The molecule has 1 aromatic rings. The van der Waals surface area contributed by atoms with E-state index in [0.717, 1.165) is 12.4 Å². The molecule has 0 bridgehead atoms. The molecule has 3 heterocycles. The zero-order chi connectivity index (χ0) is 20.6. The first-order valence-corrected chi connectivity index (χ1v) is 8.08. The molecule has 3 N–H and O–H groups in total. The normalized spacial score (nSPS) is 23.3. The van der Waals surface area contributed by atoms with Gasteiger partial charge in [0.25, 0.3) is 12.9 Å². The summed E-state index contributed by atoms with van der Waals surface area (Å²) < 4.78 is 1.79. The molecule has 11 nitrogen and oxygen atoms in total. The molecule has 2 saturated heterocycles. The standard InChI is InChI=1S/C14H20N4O3.2CH2O2/c1-10-15-3-4-17(10)7-12(19)18-6-11-5-16(2)8-14(11,9-18)13(20)21;2*2-1-3/h3-4,11H,5-9H2,1-2H3,(H,20,21);2*1H,(H,2,3)/t11-,14-;;/m0../s1. The Morgan fingerprint density at radius 1 is 1.26 bits per heavy atom. The van der Waals surface area contributed by atoms with E-state index in [-0.39, 0.29) is 31.3 Å². The van der Waals surface area contributed by atoms with Crippen molar-refractivity contribution < 1.29 is 34.5 Å². The lowest BCUT2D eigenvalue weighted by molar-refractivity contribution is -0.149. The third-order valence-electron chi connectivity index (χ3n) is 4.79. The van der Waals surface area contributed by atoms with Crippen molar-refractivity contribution in [1.82, 2.24) is 19.4 Å². The lowest BCUT2D eigenvalue weighted by atomic mass is 9.81. The van der Waals surface area contributed by atoms with E-state index in [1.165, 1.54) is 0 Å². The van der Waals surface area contributed by atoms with Crippen LogP contribution in [0.3, 0.4) is 0 Å². The second-order valence-electron chi connectivity index (χ2n) is 6.44. The maximum Gasteiger partial charge on any atom is 0.313 e. The van der Waals surface area contributed by atoms with Gasteiger partial charge in [0, 0.05) is 44.5 Å². The highest BCUT2D eigenvalue weighted by Crippen LogP contribution is 2.42. The number of carboxylic acid groups (broad SMARTS) is 3. The van der Waals surface area contributed by atoms with Gasteiger partial charge in [-0.1, -0.05) is 0 Å². The molecule has 0 saturated carbocycles. The third-order valence-corrected chi connectivity index (χ3v) is 4.79. The van der Waals surface area contributed by atoms with Crippen molar-refractivity contribution in [2.24, 2.45) is 11.3 Å². The quantitative estimate of drug-likeness (QED) is 0.561. The van der Waals surface area contributed by atoms with Gasteiger partial charge in [-0.3, -0.25) is 19.2 Å². The van der Waals surface area contributed by atoms with Gasteiger partial charge in [-0.25, -0.2) is 4.98 Å². The average Bonchev–Trinajstić information content (AvgIpc) is 3.22. The molecule has 1 amide bonds. The van der Waals surface area contributed by atoms with Crippen molar-refractivity contribution in [3.63, 3.8) is 0 Å². The van der Waals surface area contributed by atoms with Crippen molar-refractivity contribution in [3.05, 3.63) is 18.2 Å². The topological polar surface area (TPSA) is 153 Å². The van der Waals surface area contributed by atoms with E-state index >= 15 is 0 Å². The Bertz CT molecular complexity index is 671. The smallest absolute Gasteiger partial charge is 0.313 e. The lowest BCUT2D eigenvalue weighted by Crippen LogP contribution is -2.42. The van der Waals surface area contributed by atoms with E-state index in [0.29, 0.717) is 19.6 Å². The molecule has 11 heteroatoms. The minimum atomic E-state index is -0.797. The minimum Gasteiger partial charge on any atom is -0.483 e. The molecule has 2 aliphatic heterocycles. The number of fused-ring (bicyclic) bond motifs is 1. The van der Waals surface area contributed by atoms with Gasteiger partial charge in [0.2, 0.25) is 5.91 Å². The summed E-state index contributed by atoms with van der Waals surface area (Å²) in [5.74, 6) is -0.0111. The second kappa shape index (κ2) is 9.67. The van der Waals surface area contributed by atoms with Crippen LogP contribution in [0.2, 0.25) is 0 Å². The van der Waals surface area contributed by atoms with E-state index in [9.17, 15) is 14.7 Å². The Morgan fingerprint density at radius 3 is 2.30 bits per heavy atom. The molecule has 0 spiro atoms. The average molecular weight is 384 g/mol. The molecule has 150 valence electrons. The van der Waals surface area contributed by atoms with Crippen LogP contribution in [0, 0.1) is 18.3 Å². The first-order valence-electron chi connectivity index (χ1n) is 8.08. The summed E-state index contributed by atoms with van der Waals surface area (Å²) in [5, 5.41) is 23.4. The number of hydrogen-bond acceptors (Lipinski definition) is 6. The molecule has 0 unspecified atom stereocenters. The molecule has 0 aliphatic carbocycles. The Morgan fingerprint density at radius 2 is 1.85 bits per heavy atom. The summed E-state index contributed by atoms with van der Waals surface area (Å²) in [7, 11) is 1.93. The summed E-state index contributed by atoms with van der Waals surface area (Å²) >= 11 is 0. The fourth-order valence-electron chi connectivity index (χ4n) is 3.63. The Balaban J connectivity index is 0.000000540. The highest BCUT2D eigenvalue weighted by molar-refractivity contribution is 5.81. The van der Waals surface area contributed by atoms with Gasteiger partial charge in [0.15, 0.2) is 0 Å². The number of hydrogen-bond donors (Lipinski definition) is 3. The number of carbonyl (C=O) groups is 4. The fourth-order valence-corrected chi connectivity index (χ4v) is 3.63. The Labute approximate surface area is 155 Å². The molecular weight excluding hydrogens is 360 g/mol. The van der Waals surface area contributed by atoms with Crippen LogP contribution < -0.4 is 0 Å². The van der Waals surface area contributed by atoms with Crippen LogP contribution in [0.15, 0.2) is 12.4 Å². The van der Waals surface area contributed by atoms with E-state index < -0.39 is 11.4 Å². The molecular formula is C16H24N4O7. The van der Waals surface area contributed by atoms with Gasteiger partial charge in [0.05, 0.1) is 0 Å². The summed E-state index contributed by atoms with van der Waals surface area (Å²) in [6, 6.07) is 0. The zero-order valence-electron chi connectivity index (χ0n) is 15.2. The largest absolute Gasteiger partial charge is 0.483 e. The van der Waals surface area contributed by atoms with Crippen LogP contribution in [-0.4, -0.2) is 92.7 Å². The third kappa shape index (κ3) is 5.03. The highest BCUT2D eigenvalue weighted by Gasteiger charge is 2.57. The SMILES string of the molecule is Cc1nccn1CC(=O)N1C[C@@H]2CN(C)C[C@]2(C(=O)O)C1.O=CO.O=CO. The summed E-state index contributed by atoms with van der Waals surface area (Å²) in [6.07, 6.45) is 3.43. The number of likely N-dealkylation sites (tertiary alicyclic amines) is 2. The number of nitrogens with zero attached hydrogens (tertiary/aromatic N) is 4. The number of aliphatic carboxylic acids is 1. The molecule has 2 atom stereocenters. The molecule has 0 radical (unpaired) electrons. The number of imidazole rings is 1. The maximum absolute atomic E-state index is 12.4.